The fourth-order valence-corrected chi connectivity index (χ4v) is 2.54. The Hall–Kier alpha value is -3.68. The number of hydrogen-bond donors (Lipinski definition) is 3. The number of anilines is 1. The summed E-state index contributed by atoms with van der Waals surface area (Å²) < 4.78 is 1.21. The number of carbonyl (C=O) groups is 2. The molecule has 0 spiro atoms. The van der Waals surface area contributed by atoms with E-state index in [-0.39, 0.29) is 18.1 Å². The van der Waals surface area contributed by atoms with E-state index in [9.17, 15) is 14.7 Å². The maximum absolute atomic E-state index is 11.9. The lowest BCUT2D eigenvalue weighted by Gasteiger charge is -2.02. The number of carbonyl (C=O) groups excluding carboxylic acids is 1. The molecule has 8 nitrogen and oxygen atoms in total. The minimum atomic E-state index is -1.10. The predicted molar refractivity (Wildman–Crippen MR) is 95.7 cm³/mol. The maximum Gasteiger partial charge on any atom is 0.323 e. The number of fused-ring (bicyclic) bond motifs is 1. The molecule has 1 aromatic heterocycles. The van der Waals surface area contributed by atoms with Crippen molar-refractivity contribution in [2.75, 3.05) is 11.9 Å². The van der Waals surface area contributed by atoms with Crippen molar-refractivity contribution in [2.24, 2.45) is 10.2 Å². The first-order chi connectivity index (χ1) is 12.6. The molecule has 0 saturated carbocycles. The Kier molecular flexibility index (Phi) is 4.93. The SMILES string of the molecule is O=C(O)Cn1c(O)c(N=NC(=O)CNc2ccccc2)c2ccccc21. The number of para-hydroxylation sites is 2. The topological polar surface area (TPSA) is 116 Å². The Morgan fingerprint density at radius 3 is 2.46 bits per heavy atom. The van der Waals surface area contributed by atoms with Gasteiger partial charge in [-0.1, -0.05) is 36.4 Å². The van der Waals surface area contributed by atoms with Crippen molar-refractivity contribution in [1.82, 2.24) is 4.57 Å². The van der Waals surface area contributed by atoms with Crippen LogP contribution < -0.4 is 5.32 Å². The highest BCUT2D eigenvalue weighted by Gasteiger charge is 2.18. The fraction of sp³-hybridized carbons (Fsp3) is 0.111. The zero-order valence-electron chi connectivity index (χ0n) is 13.7. The van der Waals surface area contributed by atoms with Gasteiger partial charge in [0.2, 0.25) is 5.88 Å². The molecule has 3 rings (SSSR count). The van der Waals surface area contributed by atoms with Crippen LogP contribution in [0, 0.1) is 0 Å². The smallest absolute Gasteiger partial charge is 0.323 e. The van der Waals surface area contributed by atoms with Crippen molar-refractivity contribution in [1.29, 1.82) is 0 Å². The highest BCUT2D eigenvalue weighted by Crippen LogP contribution is 2.38. The van der Waals surface area contributed by atoms with Gasteiger partial charge in [0.05, 0.1) is 12.1 Å². The van der Waals surface area contributed by atoms with Crippen LogP contribution in [-0.4, -0.2) is 33.2 Å². The second-order valence-electron chi connectivity index (χ2n) is 5.48. The molecule has 1 amide bonds. The van der Waals surface area contributed by atoms with Crippen molar-refractivity contribution in [3.05, 3.63) is 54.6 Å². The minimum Gasteiger partial charge on any atom is -0.493 e. The van der Waals surface area contributed by atoms with Gasteiger partial charge in [-0.15, -0.1) is 10.2 Å². The van der Waals surface area contributed by atoms with Gasteiger partial charge in [-0.3, -0.25) is 14.2 Å². The van der Waals surface area contributed by atoms with Crippen LogP contribution >= 0.6 is 0 Å². The van der Waals surface area contributed by atoms with Gasteiger partial charge in [-0.05, 0) is 18.2 Å². The number of nitrogens with one attached hydrogen (secondary N) is 1. The quantitative estimate of drug-likeness (QED) is 0.589. The third-order valence-electron chi connectivity index (χ3n) is 3.69. The third kappa shape index (κ3) is 3.69. The highest BCUT2D eigenvalue weighted by molar-refractivity contribution is 5.96. The lowest BCUT2D eigenvalue weighted by atomic mass is 10.2. The largest absolute Gasteiger partial charge is 0.493 e. The zero-order chi connectivity index (χ0) is 18.5. The Balaban J connectivity index is 1.81. The number of carboxylic acid groups (broad SMARTS) is 1. The molecule has 8 heteroatoms. The summed E-state index contributed by atoms with van der Waals surface area (Å²) in [5, 5.41) is 30.2. The van der Waals surface area contributed by atoms with Crippen LogP contribution in [0.4, 0.5) is 11.4 Å². The Morgan fingerprint density at radius 2 is 1.73 bits per heavy atom. The summed E-state index contributed by atoms with van der Waals surface area (Å²) in [7, 11) is 0. The summed E-state index contributed by atoms with van der Waals surface area (Å²) >= 11 is 0. The normalized spacial score (nSPS) is 11.1. The number of rotatable bonds is 6. The second-order valence-corrected chi connectivity index (χ2v) is 5.48. The van der Waals surface area contributed by atoms with Crippen molar-refractivity contribution < 1.29 is 19.8 Å². The lowest BCUT2D eigenvalue weighted by molar-refractivity contribution is -0.137. The van der Waals surface area contributed by atoms with E-state index < -0.39 is 18.4 Å². The van der Waals surface area contributed by atoms with Crippen LogP contribution in [-0.2, 0) is 16.1 Å². The number of carboxylic acids is 1. The first-order valence-corrected chi connectivity index (χ1v) is 7.81. The molecule has 3 N–H and O–H groups in total. The van der Waals surface area contributed by atoms with Crippen LogP contribution in [0.25, 0.3) is 10.9 Å². The van der Waals surface area contributed by atoms with E-state index in [4.69, 9.17) is 5.11 Å². The van der Waals surface area contributed by atoms with Gasteiger partial charge in [0.25, 0.3) is 5.91 Å². The van der Waals surface area contributed by atoms with Crippen LogP contribution in [0.5, 0.6) is 5.88 Å². The van der Waals surface area contributed by atoms with Gasteiger partial charge >= 0.3 is 5.97 Å². The third-order valence-corrected chi connectivity index (χ3v) is 3.69. The number of aliphatic carboxylic acids is 1. The maximum atomic E-state index is 11.9. The first kappa shape index (κ1) is 17.2. The van der Waals surface area contributed by atoms with E-state index >= 15 is 0 Å². The van der Waals surface area contributed by atoms with E-state index in [1.165, 1.54) is 4.57 Å². The molecule has 0 radical (unpaired) electrons. The monoisotopic (exact) mass is 352 g/mol. The van der Waals surface area contributed by atoms with Crippen molar-refractivity contribution >= 4 is 34.2 Å². The van der Waals surface area contributed by atoms with Gasteiger partial charge in [-0.25, -0.2) is 0 Å². The molecule has 0 unspecified atom stereocenters. The summed E-state index contributed by atoms with van der Waals surface area (Å²) in [6, 6.07) is 16.0. The van der Waals surface area contributed by atoms with E-state index in [0.717, 1.165) is 5.69 Å². The molecule has 0 aliphatic carbocycles. The van der Waals surface area contributed by atoms with Gasteiger partial charge < -0.3 is 15.5 Å². The molecule has 0 fully saturated rings. The van der Waals surface area contributed by atoms with Crippen molar-refractivity contribution in [2.45, 2.75) is 6.54 Å². The van der Waals surface area contributed by atoms with Gasteiger partial charge in [0.15, 0.2) is 5.69 Å². The summed E-state index contributed by atoms with van der Waals surface area (Å²) in [6.45, 7) is -0.479. The zero-order valence-corrected chi connectivity index (χ0v) is 13.7. The number of azo groups is 1. The predicted octanol–water partition coefficient (Wildman–Crippen LogP) is 3.15. The molecule has 0 atom stereocenters. The number of benzene rings is 2. The minimum absolute atomic E-state index is 0.0535. The molecule has 3 aromatic rings. The van der Waals surface area contributed by atoms with Gasteiger partial charge in [0, 0.05) is 11.1 Å². The molecular formula is C18H16N4O4. The Morgan fingerprint density at radius 1 is 1.04 bits per heavy atom. The average molecular weight is 352 g/mol. The van der Waals surface area contributed by atoms with Crippen LogP contribution in [0.3, 0.4) is 0 Å². The number of nitrogens with zero attached hydrogens (tertiary/aromatic N) is 3. The van der Waals surface area contributed by atoms with E-state index in [1.54, 1.807) is 24.3 Å². The molecule has 0 aliphatic rings. The highest BCUT2D eigenvalue weighted by atomic mass is 16.4. The van der Waals surface area contributed by atoms with Crippen LogP contribution in [0.2, 0.25) is 0 Å². The number of amides is 1. The van der Waals surface area contributed by atoms with E-state index in [1.807, 2.05) is 30.3 Å². The molecular weight excluding hydrogens is 336 g/mol. The average Bonchev–Trinajstić information content (AvgIpc) is 2.90. The standard InChI is InChI=1S/C18H16N4O4/c23-15(10-19-12-6-2-1-3-7-12)20-21-17-13-8-4-5-9-14(13)22(18(17)26)11-16(24)25/h1-9,19,26H,10-11H2,(H,24,25). The van der Waals surface area contributed by atoms with Crippen LogP contribution in [0.1, 0.15) is 0 Å². The van der Waals surface area contributed by atoms with Gasteiger partial charge in [-0.2, -0.15) is 0 Å². The lowest BCUT2D eigenvalue weighted by Crippen LogP contribution is -2.10. The van der Waals surface area contributed by atoms with Crippen molar-refractivity contribution in [3.63, 3.8) is 0 Å². The molecule has 0 aliphatic heterocycles. The molecule has 1 heterocycles. The summed E-state index contributed by atoms with van der Waals surface area (Å²) in [6.07, 6.45) is 0. The number of aromatic hydroxyl groups is 1. The first-order valence-electron chi connectivity index (χ1n) is 7.81. The molecule has 2 aromatic carbocycles. The second kappa shape index (κ2) is 7.47. The van der Waals surface area contributed by atoms with Crippen molar-refractivity contribution in [3.8, 4) is 5.88 Å². The number of hydrogen-bond acceptors (Lipinski definition) is 5. The van der Waals surface area contributed by atoms with E-state index in [2.05, 4.69) is 15.5 Å². The molecule has 0 bridgehead atoms. The Bertz CT molecular complexity index is 980. The number of aromatic nitrogens is 1. The van der Waals surface area contributed by atoms with Crippen LogP contribution in [0.15, 0.2) is 64.8 Å². The van der Waals surface area contributed by atoms with E-state index in [0.29, 0.717) is 10.9 Å². The van der Waals surface area contributed by atoms with Gasteiger partial charge in [0.1, 0.15) is 6.54 Å². The molecule has 0 saturated heterocycles. The molecule has 26 heavy (non-hydrogen) atoms. The fourth-order valence-electron chi connectivity index (χ4n) is 2.54. The Labute approximate surface area is 148 Å². The summed E-state index contributed by atoms with van der Waals surface area (Å²) in [5.41, 5.74) is 1.34. The summed E-state index contributed by atoms with van der Waals surface area (Å²) in [4.78, 5) is 22.9. The molecule has 132 valence electrons. The summed E-state index contributed by atoms with van der Waals surface area (Å²) in [5.74, 6) is -1.97.